The molecule has 3 aromatic rings. The molecule has 3 N–H and O–H groups in total. The number of anilines is 1. The van der Waals surface area contributed by atoms with Crippen LogP contribution in [0.2, 0.25) is 0 Å². The van der Waals surface area contributed by atoms with Crippen LogP contribution in [-0.4, -0.2) is 86.8 Å². The highest BCUT2D eigenvalue weighted by atomic mass is 32.2. The monoisotopic (exact) mass is 618 g/mol. The molecule has 0 aliphatic carbocycles. The summed E-state index contributed by atoms with van der Waals surface area (Å²) >= 11 is 1.37. The summed E-state index contributed by atoms with van der Waals surface area (Å²) in [4.78, 5) is 17.3. The molecule has 5 unspecified atom stereocenters. The van der Waals surface area contributed by atoms with Crippen LogP contribution >= 0.6 is 11.3 Å². The maximum atomic E-state index is 14.2. The fourth-order valence-electron chi connectivity index (χ4n) is 5.42. The first-order valence-corrected chi connectivity index (χ1v) is 16.4. The van der Waals surface area contributed by atoms with Crippen LogP contribution in [0.5, 0.6) is 0 Å². The molecule has 13 heteroatoms. The normalized spacial score (nSPS) is 21.9. The molecule has 0 saturated carbocycles. The summed E-state index contributed by atoms with van der Waals surface area (Å²) in [5, 5.41) is 17.8. The molecular formula is C29H38N4O7S2. The zero-order valence-electron chi connectivity index (χ0n) is 23.9. The van der Waals surface area contributed by atoms with E-state index >= 15 is 0 Å². The number of alkyl carbamates (subject to hydrolysis) is 1. The maximum Gasteiger partial charge on any atom is 0.407 e. The Kier molecular flexibility index (Phi) is 9.65. The van der Waals surface area contributed by atoms with Gasteiger partial charge in [-0.15, -0.1) is 0 Å². The first kappa shape index (κ1) is 30.6. The second-order valence-corrected chi connectivity index (χ2v) is 14.0. The van der Waals surface area contributed by atoms with Gasteiger partial charge in [0.1, 0.15) is 6.10 Å². The van der Waals surface area contributed by atoms with Gasteiger partial charge in [-0.2, -0.15) is 4.31 Å². The van der Waals surface area contributed by atoms with Gasteiger partial charge in [-0.3, -0.25) is 0 Å². The largest absolute Gasteiger partial charge is 0.443 e. The molecule has 2 fully saturated rings. The second kappa shape index (κ2) is 13.2. The number of aliphatic hydroxyl groups is 1. The number of hydrogen-bond donors (Lipinski definition) is 3. The van der Waals surface area contributed by atoms with Crippen molar-refractivity contribution in [1.29, 1.82) is 0 Å². The van der Waals surface area contributed by atoms with E-state index < -0.39 is 34.4 Å². The summed E-state index contributed by atoms with van der Waals surface area (Å²) < 4.78 is 47.2. The SMILES string of the molecule is CNc1nc2ccc(S(=O)(=O)N(CC(C)C)C(Cc3ccccc3)C(O)CNC(=O)OC3COC4OCCC34)cc2s1. The number of rotatable bonds is 12. The van der Waals surface area contributed by atoms with E-state index in [1.807, 2.05) is 44.2 Å². The van der Waals surface area contributed by atoms with Gasteiger partial charge < -0.3 is 30.0 Å². The number of amides is 1. The number of aromatic nitrogens is 1. The van der Waals surface area contributed by atoms with E-state index in [1.54, 1.807) is 25.2 Å². The third-order valence-corrected chi connectivity index (χ3v) is 10.4. The number of carbonyl (C=O) groups excluding carboxylic acids is 1. The van der Waals surface area contributed by atoms with Crippen LogP contribution in [-0.2, 0) is 30.7 Å². The van der Waals surface area contributed by atoms with Crippen molar-refractivity contribution in [2.75, 3.05) is 38.7 Å². The molecule has 0 radical (unpaired) electrons. The Bertz CT molecular complexity index is 1470. The number of carbonyl (C=O) groups is 1. The highest BCUT2D eigenvalue weighted by molar-refractivity contribution is 7.89. The molecule has 2 aliphatic heterocycles. The topological polar surface area (TPSA) is 139 Å². The molecule has 0 bridgehead atoms. The second-order valence-electron chi connectivity index (χ2n) is 11.0. The van der Waals surface area contributed by atoms with Crippen molar-refractivity contribution in [1.82, 2.24) is 14.6 Å². The molecule has 3 heterocycles. The van der Waals surface area contributed by atoms with Gasteiger partial charge in [0.05, 0.1) is 46.4 Å². The average molecular weight is 619 g/mol. The number of sulfonamides is 1. The molecule has 1 aromatic heterocycles. The smallest absolute Gasteiger partial charge is 0.407 e. The van der Waals surface area contributed by atoms with Gasteiger partial charge in [-0.1, -0.05) is 55.5 Å². The molecule has 11 nitrogen and oxygen atoms in total. The van der Waals surface area contributed by atoms with Crippen LogP contribution in [0.4, 0.5) is 9.93 Å². The van der Waals surface area contributed by atoms with E-state index in [-0.39, 0.29) is 49.1 Å². The van der Waals surface area contributed by atoms with Crippen molar-refractivity contribution in [2.45, 2.75) is 56.1 Å². The van der Waals surface area contributed by atoms with E-state index in [0.717, 1.165) is 16.7 Å². The Morgan fingerprint density at radius 3 is 2.74 bits per heavy atom. The summed E-state index contributed by atoms with van der Waals surface area (Å²) in [7, 11) is -2.29. The molecule has 0 spiro atoms. The van der Waals surface area contributed by atoms with Crippen molar-refractivity contribution in [2.24, 2.45) is 11.8 Å². The molecule has 5 rings (SSSR count). The van der Waals surface area contributed by atoms with Crippen molar-refractivity contribution in [3.8, 4) is 0 Å². The molecule has 2 aliphatic rings. The van der Waals surface area contributed by atoms with Gasteiger partial charge in [0, 0.05) is 20.1 Å². The van der Waals surface area contributed by atoms with E-state index in [4.69, 9.17) is 14.2 Å². The standard InChI is InChI=1S/C29H38N4O7S2/c1-18(2)16-33(42(36,37)20-9-10-22-26(14-20)41-28(30-3)32-22)23(13-19-7-5-4-6-8-19)24(34)15-31-29(35)40-25-17-39-27-21(25)11-12-38-27/h4-10,14,18,21,23-25,27,34H,11-13,15-17H2,1-3H3,(H,30,32)(H,31,35). The number of hydrogen-bond acceptors (Lipinski definition) is 10. The maximum absolute atomic E-state index is 14.2. The molecule has 228 valence electrons. The number of thiazole rings is 1. The number of benzene rings is 2. The summed E-state index contributed by atoms with van der Waals surface area (Å²) in [5.74, 6) is -0.0478. The van der Waals surface area contributed by atoms with E-state index in [1.165, 1.54) is 15.6 Å². The number of fused-ring (bicyclic) bond motifs is 2. The fraction of sp³-hybridized carbons (Fsp3) is 0.517. The molecule has 2 saturated heterocycles. The third kappa shape index (κ3) is 6.87. The first-order valence-electron chi connectivity index (χ1n) is 14.2. The van der Waals surface area contributed by atoms with Gasteiger partial charge in [0.25, 0.3) is 0 Å². The predicted molar refractivity (Wildman–Crippen MR) is 160 cm³/mol. The lowest BCUT2D eigenvalue weighted by atomic mass is 10.0. The van der Waals surface area contributed by atoms with Crippen LogP contribution in [0.15, 0.2) is 53.4 Å². The van der Waals surface area contributed by atoms with Crippen LogP contribution in [0, 0.1) is 11.8 Å². The Morgan fingerprint density at radius 2 is 2.00 bits per heavy atom. The zero-order chi connectivity index (χ0) is 29.9. The van der Waals surface area contributed by atoms with Gasteiger partial charge in [-0.05, 0) is 42.5 Å². The van der Waals surface area contributed by atoms with Crippen molar-refractivity contribution < 1.29 is 32.5 Å². The van der Waals surface area contributed by atoms with Crippen LogP contribution < -0.4 is 10.6 Å². The van der Waals surface area contributed by atoms with Crippen LogP contribution in [0.25, 0.3) is 10.2 Å². The highest BCUT2D eigenvalue weighted by Gasteiger charge is 2.44. The third-order valence-electron chi connectivity index (χ3n) is 7.53. The number of ether oxygens (including phenoxy) is 3. The Hall–Kier alpha value is -2.81. The Balaban J connectivity index is 1.38. The number of aliphatic hydroxyl groups excluding tert-OH is 1. The van der Waals surface area contributed by atoms with Gasteiger partial charge in [0.2, 0.25) is 10.0 Å². The molecule has 1 amide bonds. The van der Waals surface area contributed by atoms with Gasteiger partial charge >= 0.3 is 6.09 Å². The summed E-state index contributed by atoms with van der Waals surface area (Å²) in [5.41, 5.74) is 1.56. The first-order chi connectivity index (χ1) is 20.2. The lowest BCUT2D eigenvalue weighted by Gasteiger charge is -2.35. The zero-order valence-corrected chi connectivity index (χ0v) is 25.6. The summed E-state index contributed by atoms with van der Waals surface area (Å²) in [6.45, 7) is 4.65. The summed E-state index contributed by atoms with van der Waals surface area (Å²) in [6, 6.07) is 13.4. The van der Waals surface area contributed by atoms with E-state index in [9.17, 15) is 18.3 Å². The van der Waals surface area contributed by atoms with E-state index in [0.29, 0.717) is 17.3 Å². The lowest BCUT2D eigenvalue weighted by Crippen LogP contribution is -2.53. The van der Waals surface area contributed by atoms with Crippen LogP contribution in [0.1, 0.15) is 25.8 Å². The highest BCUT2D eigenvalue weighted by Crippen LogP contribution is 2.33. The number of nitrogens with one attached hydrogen (secondary N) is 2. The molecule has 42 heavy (non-hydrogen) atoms. The van der Waals surface area contributed by atoms with Gasteiger partial charge in [0.15, 0.2) is 11.4 Å². The Morgan fingerprint density at radius 1 is 1.21 bits per heavy atom. The number of nitrogens with zero attached hydrogens (tertiary/aromatic N) is 2. The summed E-state index contributed by atoms with van der Waals surface area (Å²) in [6.07, 6.45) is -1.71. The van der Waals surface area contributed by atoms with Crippen LogP contribution in [0.3, 0.4) is 0 Å². The lowest BCUT2D eigenvalue weighted by molar-refractivity contribution is -0.0907. The van der Waals surface area contributed by atoms with Crippen molar-refractivity contribution >= 4 is 42.8 Å². The van der Waals surface area contributed by atoms with Crippen molar-refractivity contribution in [3.63, 3.8) is 0 Å². The Labute approximate surface area is 250 Å². The fourth-order valence-corrected chi connectivity index (χ4v) is 8.19. The molecule has 2 aromatic carbocycles. The average Bonchev–Trinajstić information content (AvgIpc) is 3.70. The minimum absolute atomic E-state index is 0.0155. The predicted octanol–water partition coefficient (Wildman–Crippen LogP) is 3.44. The van der Waals surface area contributed by atoms with Crippen molar-refractivity contribution in [3.05, 3.63) is 54.1 Å². The quantitative estimate of drug-likeness (QED) is 0.279. The van der Waals surface area contributed by atoms with Gasteiger partial charge in [-0.25, -0.2) is 18.2 Å². The molecular weight excluding hydrogens is 580 g/mol. The molecule has 5 atom stereocenters. The minimum atomic E-state index is -4.06. The minimum Gasteiger partial charge on any atom is -0.443 e. The van der Waals surface area contributed by atoms with E-state index in [2.05, 4.69) is 15.6 Å².